The molecule has 4 heteroatoms. The van der Waals surface area contributed by atoms with Gasteiger partial charge in [0.05, 0.1) is 21.3 Å². The molecule has 1 fully saturated rings. The summed E-state index contributed by atoms with van der Waals surface area (Å²) in [5, 5.41) is 0. The third kappa shape index (κ3) is 2.82. The van der Waals surface area contributed by atoms with Gasteiger partial charge >= 0.3 is 0 Å². The van der Waals surface area contributed by atoms with Crippen LogP contribution >= 0.6 is 0 Å². The zero-order valence-corrected chi connectivity index (χ0v) is 18.1. The zero-order valence-electron chi connectivity index (χ0n) is 18.1. The lowest BCUT2D eigenvalue weighted by molar-refractivity contribution is 0.0330. The highest BCUT2D eigenvalue weighted by Gasteiger charge is 2.63. The van der Waals surface area contributed by atoms with Gasteiger partial charge < -0.3 is 18.9 Å². The molecule has 1 aliphatic heterocycles. The van der Waals surface area contributed by atoms with Crippen molar-refractivity contribution in [2.45, 2.75) is 23.9 Å². The fraction of sp³-hybridized carbons (Fsp3) is 0.259. The van der Waals surface area contributed by atoms with Crippen molar-refractivity contribution >= 4 is 5.57 Å². The first-order valence-electron chi connectivity index (χ1n) is 10.5. The van der Waals surface area contributed by atoms with E-state index >= 15 is 0 Å². The molecule has 0 radical (unpaired) electrons. The van der Waals surface area contributed by atoms with Crippen LogP contribution in [-0.2, 0) is 0 Å². The fourth-order valence-corrected chi connectivity index (χ4v) is 5.22. The minimum atomic E-state index is -0.491. The van der Waals surface area contributed by atoms with Crippen molar-refractivity contribution in [3.8, 4) is 23.0 Å². The molecule has 1 heterocycles. The van der Waals surface area contributed by atoms with E-state index in [1.807, 2.05) is 18.2 Å². The minimum Gasteiger partial charge on any atom is -0.493 e. The summed E-state index contributed by atoms with van der Waals surface area (Å²) in [6, 6.07) is 22.9. The summed E-state index contributed by atoms with van der Waals surface area (Å²) >= 11 is 0. The first-order valence-corrected chi connectivity index (χ1v) is 10.5. The Morgan fingerprint density at radius 3 is 2.19 bits per heavy atom. The largest absolute Gasteiger partial charge is 0.493 e. The average molecular weight is 415 g/mol. The molecule has 4 nitrogen and oxygen atoms in total. The molecule has 2 aliphatic rings. The number of ether oxygens (including phenoxy) is 4. The van der Waals surface area contributed by atoms with E-state index in [4.69, 9.17) is 18.9 Å². The molecule has 1 saturated carbocycles. The van der Waals surface area contributed by atoms with E-state index < -0.39 is 5.60 Å². The predicted octanol–water partition coefficient (Wildman–Crippen LogP) is 5.83. The third-order valence-electron chi connectivity index (χ3n) is 6.73. The second kappa shape index (κ2) is 7.38. The molecule has 3 aromatic rings. The topological polar surface area (TPSA) is 36.9 Å². The first kappa shape index (κ1) is 19.6. The maximum Gasteiger partial charge on any atom is 0.203 e. The van der Waals surface area contributed by atoms with E-state index in [1.54, 1.807) is 21.3 Å². The normalized spacial score (nSPS) is 23.1. The van der Waals surface area contributed by atoms with E-state index in [9.17, 15) is 0 Å². The number of para-hydroxylation sites is 1. The van der Waals surface area contributed by atoms with Crippen LogP contribution in [0, 0.1) is 0 Å². The predicted molar refractivity (Wildman–Crippen MR) is 121 cm³/mol. The summed E-state index contributed by atoms with van der Waals surface area (Å²) in [5.41, 5.74) is 3.95. The monoisotopic (exact) mass is 414 g/mol. The lowest BCUT2D eigenvalue weighted by atomic mass is 9.54. The molecule has 1 aliphatic carbocycles. The van der Waals surface area contributed by atoms with Gasteiger partial charge in [0.25, 0.3) is 0 Å². The van der Waals surface area contributed by atoms with Crippen molar-refractivity contribution in [2.24, 2.45) is 0 Å². The summed E-state index contributed by atoms with van der Waals surface area (Å²) in [6.07, 6.45) is 0.867. The molecule has 3 aromatic carbocycles. The summed E-state index contributed by atoms with van der Waals surface area (Å²) in [5.74, 6) is 3.32. The van der Waals surface area contributed by atoms with Gasteiger partial charge in [-0.05, 0) is 47.2 Å². The van der Waals surface area contributed by atoms with Crippen molar-refractivity contribution < 1.29 is 18.9 Å². The Balaban J connectivity index is 1.59. The van der Waals surface area contributed by atoms with Crippen LogP contribution in [-0.4, -0.2) is 26.9 Å². The Bertz CT molecular complexity index is 1110. The first-order chi connectivity index (χ1) is 15.1. The fourth-order valence-electron chi connectivity index (χ4n) is 5.22. The lowest BCUT2D eigenvalue weighted by Crippen LogP contribution is -2.52. The Hall–Kier alpha value is -3.40. The molecule has 0 N–H and O–H groups in total. The van der Waals surface area contributed by atoms with Gasteiger partial charge in [-0.25, -0.2) is 0 Å². The molecule has 31 heavy (non-hydrogen) atoms. The third-order valence-corrected chi connectivity index (χ3v) is 6.73. The zero-order chi connectivity index (χ0) is 21.6. The molecule has 0 aromatic heterocycles. The highest BCUT2D eigenvalue weighted by atomic mass is 16.5. The summed E-state index contributed by atoms with van der Waals surface area (Å²) < 4.78 is 23.3. The summed E-state index contributed by atoms with van der Waals surface area (Å²) in [4.78, 5) is 0. The highest BCUT2D eigenvalue weighted by Crippen LogP contribution is 2.67. The number of methoxy groups -OCH3 is 3. The standard InChI is InChI=1S/C27H26O4/c1-17(19-14-23(28-2)26(30-4)24(15-19)29-3)27-16-21(18-10-6-5-7-11-18)25(27)20-12-8-9-13-22(20)31-27/h5-15,21,25H,1,16H2,2-4H3/t21-,25-,27-/m1/s1. The molecular formula is C27H26O4. The van der Waals surface area contributed by atoms with Crippen LogP contribution in [0.2, 0.25) is 0 Å². The Kier molecular flexibility index (Phi) is 4.66. The van der Waals surface area contributed by atoms with Crippen LogP contribution in [0.5, 0.6) is 23.0 Å². The summed E-state index contributed by atoms with van der Waals surface area (Å²) in [6.45, 7) is 4.52. The van der Waals surface area contributed by atoms with Crippen LogP contribution in [0.4, 0.5) is 0 Å². The maximum absolute atomic E-state index is 6.65. The minimum absolute atomic E-state index is 0.206. The molecule has 5 rings (SSSR count). The van der Waals surface area contributed by atoms with Gasteiger partial charge in [0, 0.05) is 11.5 Å². The number of rotatable bonds is 6. The summed E-state index contributed by atoms with van der Waals surface area (Å²) in [7, 11) is 4.86. The number of benzene rings is 3. The van der Waals surface area contributed by atoms with E-state index in [0.717, 1.165) is 23.3 Å². The Morgan fingerprint density at radius 2 is 1.55 bits per heavy atom. The van der Waals surface area contributed by atoms with Crippen LogP contribution in [0.3, 0.4) is 0 Å². The van der Waals surface area contributed by atoms with Crippen molar-refractivity contribution in [3.05, 3.63) is 90.0 Å². The van der Waals surface area contributed by atoms with Crippen molar-refractivity contribution in [3.63, 3.8) is 0 Å². The van der Waals surface area contributed by atoms with Crippen LogP contribution in [0.1, 0.15) is 34.9 Å². The van der Waals surface area contributed by atoms with E-state index in [-0.39, 0.29) is 5.92 Å². The molecule has 3 atom stereocenters. The lowest BCUT2D eigenvalue weighted by Gasteiger charge is -2.51. The van der Waals surface area contributed by atoms with Gasteiger partial charge in [-0.2, -0.15) is 0 Å². The van der Waals surface area contributed by atoms with E-state index in [0.29, 0.717) is 23.2 Å². The number of hydrogen-bond acceptors (Lipinski definition) is 4. The number of hydrogen-bond donors (Lipinski definition) is 0. The average Bonchev–Trinajstić information content (AvgIpc) is 3.06. The molecule has 158 valence electrons. The highest BCUT2D eigenvalue weighted by molar-refractivity contribution is 5.79. The molecule has 0 bridgehead atoms. The van der Waals surface area contributed by atoms with Crippen molar-refractivity contribution in [1.82, 2.24) is 0 Å². The van der Waals surface area contributed by atoms with E-state index in [1.165, 1.54) is 11.1 Å². The van der Waals surface area contributed by atoms with Gasteiger partial charge in [-0.3, -0.25) is 0 Å². The second-order valence-electron chi connectivity index (χ2n) is 8.12. The Morgan fingerprint density at radius 1 is 0.903 bits per heavy atom. The molecule has 0 unspecified atom stereocenters. The van der Waals surface area contributed by atoms with Crippen molar-refractivity contribution in [2.75, 3.05) is 21.3 Å². The van der Waals surface area contributed by atoms with Crippen LogP contribution < -0.4 is 18.9 Å². The van der Waals surface area contributed by atoms with Gasteiger partial charge in [0.1, 0.15) is 11.4 Å². The SMILES string of the molecule is C=C(c1cc(OC)c(OC)c(OC)c1)[C@]12C[C@H](c3ccccc3)[C@H]1c1ccccc1O2. The second-order valence-corrected chi connectivity index (χ2v) is 8.12. The molecule has 0 spiro atoms. The molecular weight excluding hydrogens is 388 g/mol. The van der Waals surface area contributed by atoms with Crippen LogP contribution in [0.15, 0.2) is 73.3 Å². The Labute approximate surface area is 183 Å². The van der Waals surface area contributed by atoms with Crippen molar-refractivity contribution in [1.29, 1.82) is 0 Å². The maximum atomic E-state index is 6.65. The molecule has 0 saturated heterocycles. The van der Waals surface area contributed by atoms with Gasteiger partial charge in [0.2, 0.25) is 5.75 Å². The smallest absolute Gasteiger partial charge is 0.203 e. The van der Waals surface area contributed by atoms with Gasteiger partial charge in [-0.1, -0.05) is 55.1 Å². The van der Waals surface area contributed by atoms with Gasteiger partial charge in [-0.15, -0.1) is 0 Å². The van der Waals surface area contributed by atoms with Gasteiger partial charge in [0.15, 0.2) is 11.5 Å². The van der Waals surface area contributed by atoms with Crippen LogP contribution in [0.25, 0.3) is 5.57 Å². The van der Waals surface area contributed by atoms with E-state index in [2.05, 4.69) is 55.1 Å². The quantitative estimate of drug-likeness (QED) is 0.509. The number of fused-ring (bicyclic) bond motifs is 3. The molecule has 0 amide bonds.